The topological polar surface area (TPSA) is 0 Å². The van der Waals surface area contributed by atoms with E-state index in [2.05, 4.69) is 6.58 Å². The average molecular weight is 220 g/mol. The maximum absolute atomic E-state index is 11.8. The molecule has 0 nitrogen and oxygen atoms in total. The van der Waals surface area contributed by atoms with Gasteiger partial charge in [0.25, 0.3) is 6.08 Å². The predicted molar refractivity (Wildman–Crippen MR) is 64.1 cm³/mol. The van der Waals surface area contributed by atoms with Crippen molar-refractivity contribution < 1.29 is 8.78 Å². The smallest absolute Gasteiger partial charge is 0.174 e. The van der Waals surface area contributed by atoms with E-state index >= 15 is 0 Å². The highest BCUT2D eigenvalue weighted by Crippen LogP contribution is 2.14. The lowest BCUT2D eigenvalue weighted by Gasteiger charge is -1.99. The summed E-state index contributed by atoms with van der Waals surface area (Å²) in [6, 6.07) is 9.75. The van der Waals surface area contributed by atoms with Gasteiger partial charge in [-0.2, -0.15) is 8.78 Å². The van der Waals surface area contributed by atoms with Gasteiger partial charge in [0, 0.05) is 0 Å². The minimum Gasteiger partial charge on any atom is -0.174 e. The molecule has 0 unspecified atom stereocenters. The molecule has 0 radical (unpaired) electrons. The van der Waals surface area contributed by atoms with Crippen molar-refractivity contribution in [2.75, 3.05) is 0 Å². The fourth-order valence-electron chi connectivity index (χ4n) is 1.34. The van der Waals surface area contributed by atoms with E-state index in [0.29, 0.717) is 12.8 Å². The van der Waals surface area contributed by atoms with Gasteiger partial charge >= 0.3 is 0 Å². The van der Waals surface area contributed by atoms with Crippen LogP contribution >= 0.6 is 0 Å². The van der Waals surface area contributed by atoms with Crippen LogP contribution in [0.5, 0.6) is 0 Å². The molecule has 0 fully saturated rings. The van der Waals surface area contributed by atoms with Gasteiger partial charge in [-0.25, -0.2) is 0 Å². The van der Waals surface area contributed by atoms with Crippen LogP contribution in [0.15, 0.2) is 60.7 Å². The van der Waals surface area contributed by atoms with Crippen LogP contribution in [0.3, 0.4) is 0 Å². The minimum atomic E-state index is -1.62. The first-order valence-electron chi connectivity index (χ1n) is 5.11. The lowest BCUT2D eigenvalue weighted by molar-refractivity contribution is 0.417. The first-order chi connectivity index (χ1) is 7.72. The van der Waals surface area contributed by atoms with E-state index in [1.54, 1.807) is 6.08 Å². The summed E-state index contributed by atoms with van der Waals surface area (Å²) in [4.78, 5) is 0. The quantitative estimate of drug-likeness (QED) is 0.624. The summed E-state index contributed by atoms with van der Waals surface area (Å²) < 4.78 is 23.7. The zero-order valence-electron chi connectivity index (χ0n) is 9.00. The van der Waals surface area contributed by atoms with Gasteiger partial charge in [-0.3, -0.25) is 0 Å². The van der Waals surface area contributed by atoms with Crippen molar-refractivity contribution in [3.8, 4) is 0 Å². The number of halogens is 2. The van der Waals surface area contributed by atoms with Gasteiger partial charge in [0.1, 0.15) is 0 Å². The molecule has 1 aromatic carbocycles. The van der Waals surface area contributed by atoms with Crippen molar-refractivity contribution in [3.05, 3.63) is 66.3 Å². The van der Waals surface area contributed by atoms with E-state index in [4.69, 9.17) is 0 Å². The molecule has 16 heavy (non-hydrogen) atoms. The molecule has 0 spiro atoms. The van der Waals surface area contributed by atoms with Crippen LogP contribution < -0.4 is 0 Å². The molecule has 0 heterocycles. The lowest BCUT2D eigenvalue weighted by atomic mass is 10.1. The Morgan fingerprint density at radius 3 is 2.44 bits per heavy atom. The monoisotopic (exact) mass is 220 g/mol. The Kier molecular flexibility index (Phi) is 5.20. The van der Waals surface area contributed by atoms with Crippen molar-refractivity contribution in [2.24, 2.45) is 0 Å². The summed E-state index contributed by atoms with van der Waals surface area (Å²) >= 11 is 0. The zero-order chi connectivity index (χ0) is 11.8. The number of hydrogen-bond donors (Lipinski definition) is 0. The number of allylic oxidation sites excluding steroid dienone is 3. The molecular formula is C14H14F2. The first kappa shape index (κ1) is 12.4. The van der Waals surface area contributed by atoms with Crippen LogP contribution in [0.25, 0.3) is 6.08 Å². The van der Waals surface area contributed by atoms with Crippen LogP contribution in [-0.4, -0.2) is 0 Å². The Labute approximate surface area is 94.6 Å². The van der Waals surface area contributed by atoms with E-state index in [1.165, 1.54) is 0 Å². The van der Waals surface area contributed by atoms with Gasteiger partial charge in [0.15, 0.2) is 0 Å². The fraction of sp³-hybridized carbons (Fsp3) is 0.143. The van der Waals surface area contributed by atoms with Crippen molar-refractivity contribution in [1.82, 2.24) is 0 Å². The Morgan fingerprint density at radius 1 is 1.19 bits per heavy atom. The summed E-state index contributed by atoms with van der Waals surface area (Å²) in [5, 5.41) is 0. The van der Waals surface area contributed by atoms with E-state index in [-0.39, 0.29) is 0 Å². The summed E-state index contributed by atoms with van der Waals surface area (Å²) in [5.41, 5.74) is 2.02. The summed E-state index contributed by atoms with van der Waals surface area (Å²) in [5.74, 6) is 0. The van der Waals surface area contributed by atoms with Crippen LogP contribution in [0.1, 0.15) is 18.4 Å². The van der Waals surface area contributed by atoms with Crippen molar-refractivity contribution in [3.63, 3.8) is 0 Å². The molecule has 0 aliphatic heterocycles. The molecule has 0 bridgehead atoms. The van der Waals surface area contributed by atoms with E-state index in [9.17, 15) is 8.78 Å². The SMILES string of the molecule is C=C/C(=C\c1ccccc1)CCC=C(F)F. The molecule has 0 saturated heterocycles. The second-order valence-electron chi connectivity index (χ2n) is 3.37. The highest BCUT2D eigenvalue weighted by Gasteiger charge is 1.94. The molecule has 0 aliphatic carbocycles. The van der Waals surface area contributed by atoms with Gasteiger partial charge in [-0.1, -0.05) is 49.1 Å². The molecule has 0 aromatic heterocycles. The molecule has 84 valence electrons. The summed E-state index contributed by atoms with van der Waals surface area (Å²) in [6.45, 7) is 3.68. The van der Waals surface area contributed by atoms with Gasteiger partial charge in [0.2, 0.25) is 0 Å². The molecule has 0 aliphatic rings. The van der Waals surface area contributed by atoms with Crippen molar-refractivity contribution in [1.29, 1.82) is 0 Å². The third-order valence-corrected chi connectivity index (χ3v) is 2.15. The van der Waals surface area contributed by atoms with Gasteiger partial charge in [-0.05, 0) is 30.1 Å². The minimum absolute atomic E-state index is 0.340. The molecule has 0 saturated carbocycles. The number of rotatable bonds is 5. The molecule has 1 rings (SSSR count). The van der Waals surface area contributed by atoms with Crippen molar-refractivity contribution in [2.45, 2.75) is 12.8 Å². The second-order valence-corrected chi connectivity index (χ2v) is 3.37. The van der Waals surface area contributed by atoms with Crippen LogP contribution in [0, 0.1) is 0 Å². The molecule has 0 amide bonds. The normalized spacial score (nSPS) is 11.0. The second kappa shape index (κ2) is 6.72. The fourth-order valence-corrected chi connectivity index (χ4v) is 1.34. The van der Waals surface area contributed by atoms with Crippen molar-refractivity contribution >= 4 is 6.08 Å². The Bertz CT molecular complexity index is 384. The van der Waals surface area contributed by atoms with Crippen LogP contribution in [-0.2, 0) is 0 Å². The molecule has 0 N–H and O–H groups in total. The van der Waals surface area contributed by atoms with Gasteiger partial charge in [-0.15, -0.1) is 0 Å². The van der Waals surface area contributed by atoms with Crippen LogP contribution in [0.2, 0.25) is 0 Å². The summed E-state index contributed by atoms with van der Waals surface area (Å²) in [6.07, 6.45) is 3.89. The standard InChI is InChI=1S/C14H14F2/c1-2-12(9-6-10-14(15)16)11-13-7-4-3-5-8-13/h2-5,7-8,10-11H,1,6,9H2/b12-11+. The Hall–Kier alpha value is -1.70. The highest BCUT2D eigenvalue weighted by molar-refractivity contribution is 5.55. The van der Waals surface area contributed by atoms with E-state index < -0.39 is 6.08 Å². The summed E-state index contributed by atoms with van der Waals surface area (Å²) in [7, 11) is 0. The molecule has 2 heteroatoms. The predicted octanol–water partition coefficient (Wildman–Crippen LogP) is 4.82. The highest BCUT2D eigenvalue weighted by atomic mass is 19.3. The maximum atomic E-state index is 11.8. The largest absolute Gasteiger partial charge is 0.266 e. The Balaban J connectivity index is 2.64. The first-order valence-corrected chi connectivity index (χ1v) is 5.11. The zero-order valence-corrected chi connectivity index (χ0v) is 9.00. The van der Waals surface area contributed by atoms with Gasteiger partial charge in [0.05, 0.1) is 0 Å². The number of benzene rings is 1. The van der Waals surface area contributed by atoms with Crippen LogP contribution in [0.4, 0.5) is 8.78 Å². The van der Waals surface area contributed by atoms with E-state index in [0.717, 1.165) is 17.2 Å². The average Bonchev–Trinajstić information content (AvgIpc) is 2.28. The number of hydrogen-bond acceptors (Lipinski definition) is 0. The molecular weight excluding hydrogens is 206 g/mol. The van der Waals surface area contributed by atoms with Gasteiger partial charge < -0.3 is 0 Å². The maximum Gasteiger partial charge on any atom is 0.266 e. The third kappa shape index (κ3) is 4.69. The molecule has 1 aromatic rings. The molecule has 0 atom stereocenters. The Morgan fingerprint density at radius 2 is 1.88 bits per heavy atom. The van der Waals surface area contributed by atoms with E-state index in [1.807, 2.05) is 36.4 Å². The lowest BCUT2D eigenvalue weighted by Crippen LogP contribution is -1.79. The third-order valence-electron chi connectivity index (χ3n) is 2.15.